The van der Waals surface area contributed by atoms with E-state index in [0.717, 1.165) is 0 Å². The summed E-state index contributed by atoms with van der Waals surface area (Å²) in [5.74, 6) is 0.0347. The third kappa shape index (κ3) is 4.22. The molecule has 0 aromatic heterocycles. The van der Waals surface area contributed by atoms with Gasteiger partial charge in [0.2, 0.25) is 5.91 Å². The van der Waals surface area contributed by atoms with Crippen LogP contribution in [0, 0.1) is 5.92 Å². The molecule has 3 nitrogen and oxygen atoms in total. The Hall–Kier alpha value is -0.280. The molecule has 0 spiro atoms. The zero-order chi connectivity index (χ0) is 8.31. The topological polar surface area (TPSA) is 46.3 Å². The predicted molar refractivity (Wildman–Crippen MR) is 48.8 cm³/mol. The molecular formula is C7H17ClN2O. The Labute approximate surface area is 74.3 Å². The molecule has 4 heteroatoms. The zero-order valence-electron chi connectivity index (χ0n) is 7.50. The van der Waals surface area contributed by atoms with Crippen molar-refractivity contribution >= 4 is 18.3 Å². The van der Waals surface area contributed by atoms with Gasteiger partial charge in [-0.15, -0.1) is 12.4 Å². The van der Waals surface area contributed by atoms with Crippen LogP contribution in [0.3, 0.4) is 0 Å². The molecule has 0 radical (unpaired) electrons. The van der Waals surface area contributed by atoms with Gasteiger partial charge in [0.15, 0.2) is 0 Å². The first-order valence-electron chi connectivity index (χ1n) is 3.42. The SMILES string of the molecule is CC(C)[C@@H](C(N)=O)N(C)C.Cl. The van der Waals surface area contributed by atoms with Gasteiger partial charge in [-0.05, 0) is 20.0 Å². The average Bonchev–Trinajstić information content (AvgIpc) is 1.59. The number of halogens is 1. The molecule has 0 aliphatic rings. The van der Waals surface area contributed by atoms with Gasteiger partial charge in [0.25, 0.3) is 0 Å². The van der Waals surface area contributed by atoms with E-state index in [4.69, 9.17) is 5.73 Å². The third-order valence-electron chi connectivity index (χ3n) is 1.48. The smallest absolute Gasteiger partial charge is 0.235 e. The van der Waals surface area contributed by atoms with E-state index in [1.165, 1.54) is 0 Å². The van der Waals surface area contributed by atoms with Gasteiger partial charge in [-0.2, -0.15) is 0 Å². The van der Waals surface area contributed by atoms with Crippen LogP contribution in [-0.2, 0) is 4.79 Å². The number of likely N-dealkylation sites (N-methyl/N-ethyl adjacent to an activating group) is 1. The van der Waals surface area contributed by atoms with E-state index in [-0.39, 0.29) is 30.3 Å². The number of amides is 1. The van der Waals surface area contributed by atoms with Crippen LogP contribution in [0.5, 0.6) is 0 Å². The summed E-state index contributed by atoms with van der Waals surface area (Å²) in [6.45, 7) is 3.96. The lowest BCUT2D eigenvalue weighted by molar-refractivity contribution is -0.123. The Morgan fingerprint density at radius 1 is 1.36 bits per heavy atom. The fraction of sp³-hybridized carbons (Fsp3) is 0.857. The number of hydrogen-bond acceptors (Lipinski definition) is 2. The molecule has 0 aliphatic carbocycles. The molecule has 0 bridgehead atoms. The van der Waals surface area contributed by atoms with Gasteiger partial charge in [-0.25, -0.2) is 0 Å². The van der Waals surface area contributed by atoms with Gasteiger partial charge >= 0.3 is 0 Å². The molecule has 0 heterocycles. The summed E-state index contributed by atoms with van der Waals surface area (Å²) in [5.41, 5.74) is 5.16. The van der Waals surface area contributed by atoms with Crippen LogP contribution in [0.4, 0.5) is 0 Å². The Balaban J connectivity index is 0. The summed E-state index contributed by atoms with van der Waals surface area (Å²) in [4.78, 5) is 12.6. The number of hydrogen-bond donors (Lipinski definition) is 1. The Kier molecular flexibility index (Phi) is 6.52. The lowest BCUT2D eigenvalue weighted by atomic mass is 10.0. The molecule has 2 N–H and O–H groups in total. The van der Waals surface area contributed by atoms with Crippen LogP contribution >= 0.6 is 12.4 Å². The lowest BCUT2D eigenvalue weighted by Gasteiger charge is -2.24. The average molecular weight is 181 g/mol. The number of nitrogens with zero attached hydrogens (tertiary/aromatic N) is 1. The zero-order valence-corrected chi connectivity index (χ0v) is 8.31. The number of carbonyl (C=O) groups excluding carboxylic acids is 1. The minimum Gasteiger partial charge on any atom is -0.368 e. The number of nitrogens with two attached hydrogens (primary N) is 1. The number of carbonyl (C=O) groups is 1. The van der Waals surface area contributed by atoms with Gasteiger partial charge in [-0.1, -0.05) is 13.8 Å². The summed E-state index contributed by atoms with van der Waals surface area (Å²) in [5, 5.41) is 0. The fourth-order valence-corrected chi connectivity index (χ4v) is 1.18. The summed E-state index contributed by atoms with van der Waals surface area (Å²) in [6.07, 6.45) is 0. The Morgan fingerprint density at radius 2 is 1.73 bits per heavy atom. The van der Waals surface area contributed by atoms with Crippen molar-refractivity contribution in [3.8, 4) is 0 Å². The molecule has 0 rings (SSSR count). The monoisotopic (exact) mass is 180 g/mol. The van der Waals surface area contributed by atoms with Crippen molar-refractivity contribution in [3.05, 3.63) is 0 Å². The van der Waals surface area contributed by atoms with E-state index < -0.39 is 0 Å². The van der Waals surface area contributed by atoms with Crippen molar-refractivity contribution in [2.45, 2.75) is 19.9 Å². The fourth-order valence-electron chi connectivity index (χ4n) is 1.18. The molecular weight excluding hydrogens is 164 g/mol. The van der Waals surface area contributed by atoms with E-state index in [1.807, 2.05) is 32.8 Å². The molecule has 0 unspecified atom stereocenters. The van der Waals surface area contributed by atoms with Crippen molar-refractivity contribution in [3.63, 3.8) is 0 Å². The van der Waals surface area contributed by atoms with E-state index in [9.17, 15) is 4.79 Å². The summed E-state index contributed by atoms with van der Waals surface area (Å²) >= 11 is 0. The summed E-state index contributed by atoms with van der Waals surface area (Å²) < 4.78 is 0. The second kappa shape index (κ2) is 5.38. The van der Waals surface area contributed by atoms with Crippen LogP contribution in [0.1, 0.15) is 13.8 Å². The molecule has 0 saturated carbocycles. The van der Waals surface area contributed by atoms with Crippen LogP contribution in [0.25, 0.3) is 0 Å². The highest BCUT2D eigenvalue weighted by Crippen LogP contribution is 2.05. The summed E-state index contributed by atoms with van der Waals surface area (Å²) in [6, 6.07) is -0.139. The molecule has 0 fully saturated rings. The highest BCUT2D eigenvalue weighted by Gasteiger charge is 2.20. The standard InChI is InChI=1S/C7H16N2O.ClH/c1-5(2)6(7(8)10)9(3)4;/h5-6H,1-4H3,(H2,8,10);1H/t6-;/m0./s1. The molecule has 68 valence electrons. The third-order valence-corrected chi connectivity index (χ3v) is 1.48. The first-order valence-corrected chi connectivity index (χ1v) is 3.42. The second-order valence-corrected chi connectivity index (χ2v) is 3.05. The second-order valence-electron chi connectivity index (χ2n) is 3.05. The first-order chi connectivity index (χ1) is 4.46. The van der Waals surface area contributed by atoms with Crippen LogP contribution in [-0.4, -0.2) is 30.9 Å². The van der Waals surface area contributed by atoms with Gasteiger partial charge in [-0.3, -0.25) is 9.69 Å². The van der Waals surface area contributed by atoms with E-state index in [2.05, 4.69) is 0 Å². The van der Waals surface area contributed by atoms with Crippen molar-refractivity contribution in [1.29, 1.82) is 0 Å². The molecule has 0 aromatic rings. The molecule has 11 heavy (non-hydrogen) atoms. The normalized spacial score (nSPS) is 12.9. The van der Waals surface area contributed by atoms with Gasteiger partial charge in [0.05, 0.1) is 6.04 Å². The van der Waals surface area contributed by atoms with Crippen LogP contribution < -0.4 is 5.73 Å². The van der Waals surface area contributed by atoms with E-state index >= 15 is 0 Å². The molecule has 0 aliphatic heterocycles. The molecule has 1 atom stereocenters. The van der Waals surface area contributed by atoms with Crippen molar-refractivity contribution in [2.24, 2.45) is 11.7 Å². The van der Waals surface area contributed by atoms with Gasteiger partial charge in [0, 0.05) is 0 Å². The number of primary amides is 1. The first kappa shape index (κ1) is 13.3. The van der Waals surface area contributed by atoms with Gasteiger partial charge < -0.3 is 5.73 Å². The highest BCUT2D eigenvalue weighted by molar-refractivity contribution is 5.85. The lowest BCUT2D eigenvalue weighted by Crippen LogP contribution is -2.43. The van der Waals surface area contributed by atoms with Gasteiger partial charge in [0.1, 0.15) is 0 Å². The molecule has 0 aromatic carbocycles. The van der Waals surface area contributed by atoms with E-state index in [1.54, 1.807) is 0 Å². The Morgan fingerprint density at radius 3 is 1.73 bits per heavy atom. The minimum absolute atomic E-state index is 0. The van der Waals surface area contributed by atoms with Crippen LogP contribution in [0.2, 0.25) is 0 Å². The summed E-state index contributed by atoms with van der Waals surface area (Å²) in [7, 11) is 3.71. The quantitative estimate of drug-likeness (QED) is 0.687. The maximum Gasteiger partial charge on any atom is 0.235 e. The van der Waals surface area contributed by atoms with E-state index in [0.29, 0.717) is 0 Å². The highest BCUT2D eigenvalue weighted by atomic mass is 35.5. The largest absolute Gasteiger partial charge is 0.368 e. The maximum absolute atomic E-state index is 10.8. The van der Waals surface area contributed by atoms with Crippen molar-refractivity contribution < 1.29 is 4.79 Å². The van der Waals surface area contributed by atoms with Crippen molar-refractivity contribution in [1.82, 2.24) is 4.90 Å². The predicted octanol–water partition coefficient (Wildman–Crippen LogP) is 0.480. The molecule has 0 saturated heterocycles. The van der Waals surface area contributed by atoms with Crippen LogP contribution in [0.15, 0.2) is 0 Å². The maximum atomic E-state index is 10.8. The molecule has 1 amide bonds. The minimum atomic E-state index is -0.250. The Bertz CT molecular complexity index is 118. The number of rotatable bonds is 3. The van der Waals surface area contributed by atoms with Crippen molar-refractivity contribution in [2.75, 3.05) is 14.1 Å².